The maximum absolute atomic E-state index is 15.2. The summed E-state index contributed by atoms with van der Waals surface area (Å²) in [4.78, 5) is 0. The number of hydrogen-bond donors (Lipinski definition) is 0. The van der Waals surface area contributed by atoms with Crippen LogP contribution in [0.4, 0.5) is 4.39 Å². The number of benzene rings is 2. The largest absolute Gasteiger partial charge is 0.206 e. The van der Waals surface area contributed by atoms with Gasteiger partial charge in [0.25, 0.3) is 0 Å². The average molecular weight is 449 g/mol. The van der Waals surface area contributed by atoms with Crippen molar-refractivity contribution in [3.8, 4) is 11.1 Å². The van der Waals surface area contributed by atoms with Crippen molar-refractivity contribution in [2.45, 2.75) is 121 Å². The first kappa shape index (κ1) is 24.5. The Morgan fingerprint density at radius 1 is 0.818 bits per heavy atom. The fourth-order valence-corrected chi connectivity index (χ4v) is 6.84. The molecule has 0 atom stereocenters. The summed E-state index contributed by atoms with van der Waals surface area (Å²) in [6.45, 7) is 4.58. The molecule has 0 amide bonds. The Bertz CT molecular complexity index is 851. The number of halogens is 1. The molecule has 4 rings (SSSR count). The Morgan fingerprint density at radius 3 is 2.18 bits per heavy atom. The lowest BCUT2D eigenvalue weighted by atomic mass is 9.66. The standard InChI is InChI=1S/C32H45F/c1-3-5-7-21-32(22-8-6-9-23-32)29-18-15-27(16-19-29)30-20-17-28(24-31(30)33)26-13-11-25(10-4-2)12-14-26/h15-20,24-26H,3-14,21-23H2,1-2H3. The predicted octanol–water partition coefficient (Wildman–Crippen LogP) is 10.3. The summed E-state index contributed by atoms with van der Waals surface area (Å²) in [5.41, 5.74) is 4.83. The van der Waals surface area contributed by atoms with Crippen LogP contribution < -0.4 is 0 Å². The monoisotopic (exact) mass is 448 g/mol. The normalized spacial score (nSPS) is 22.9. The first-order chi connectivity index (χ1) is 16.1. The fraction of sp³-hybridized carbons (Fsp3) is 0.625. The van der Waals surface area contributed by atoms with E-state index in [9.17, 15) is 0 Å². The zero-order valence-electron chi connectivity index (χ0n) is 21.2. The van der Waals surface area contributed by atoms with Crippen molar-refractivity contribution >= 4 is 0 Å². The summed E-state index contributed by atoms with van der Waals surface area (Å²) < 4.78 is 15.2. The molecule has 0 heterocycles. The van der Waals surface area contributed by atoms with E-state index in [1.165, 1.54) is 107 Å². The van der Waals surface area contributed by atoms with Gasteiger partial charge in [-0.15, -0.1) is 0 Å². The molecule has 33 heavy (non-hydrogen) atoms. The van der Waals surface area contributed by atoms with E-state index < -0.39 is 0 Å². The second-order valence-corrected chi connectivity index (χ2v) is 11.1. The van der Waals surface area contributed by atoms with Gasteiger partial charge in [-0.3, -0.25) is 0 Å². The highest BCUT2D eigenvalue weighted by atomic mass is 19.1. The Kier molecular flexibility index (Phi) is 8.67. The Morgan fingerprint density at radius 2 is 1.55 bits per heavy atom. The highest BCUT2D eigenvalue weighted by Crippen LogP contribution is 2.44. The molecule has 1 heteroatoms. The predicted molar refractivity (Wildman–Crippen MR) is 140 cm³/mol. The molecule has 180 valence electrons. The summed E-state index contributed by atoms with van der Waals surface area (Å²) in [5.74, 6) is 1.38. The van der Waals surface area contributed by atoms with Crippen LogP contribution in [0.2, 0.25) is 0 Å². The van der Waals surface area contributed by atoms with E-state index in [-0.39, 0.29) is 5.82 Å². The van der Waals surface area contributed by atoms with Gasteiger partial charge < -0.3 is 0 Å². The molecule has 2 aliphatic carbocycles. The van der Waals surface area contributed by atoms with Gasteiger partial charge in [-0.05, 0) is 85.0 Å². The van der Waals surface area contributed by atoms with Crippen molar-refractivity contribution in [1.82, 2.24) is 0 Å². The first-order valence-corrected chi connectivity index (χ1v) is 14.1. The summed E-state index contributed by atoms with van der Waals surface area (Å²) >= 11 is 0. The molecular weight excluding hydrogens is 403 g/mol. The average Bonchev–Trinajstić information content (AvgIpc) is 2.86. The number of rotatable bonds is 9. The SMILES string of the molecule is CCCCCC1(c2ccc(-c3ccc(C4CCC(CCC)CC4)cc3F)cc2)CCCCC1. The molecule has 2 aromatic rings. The second kappa shape index (κ2) is 11.7. The Hall–Kier alpha value is -1.63. The van der Waals surface area contributed by atoms with Gasteiger partial charge in [0.2, 0.25) is 0 Å². The molecule has 0 N–H and O–H groups in total. The lowest BCUT2D eigenvalue weighted by Gasteiger charge is -2.38. The van der Waals surface area contributed by atoms with Gasteiger partial charge in [0.15, 0.2) is 0 Å². The van der Waals surface area contributed by atoms with E-state index in [1.54, 1.807) is 0 Å². The van der Waals surface area contributed by atoms with Gasteiger partial charge in [0.1, 0.15) is 5.82 Å². The van der Waals surface area contributed by atoms with Crippen molar-refractivity contribution in [2.75, 3.05) is 0 Å². The van der Waals surface area contributed by atoms with E-state index in [4.69, 9.17) is 0 Å². The molecule has 0 aliphatic heterocycles. The van der Waals surface area contributed by atoms with Crippen LogP contribution in [0, 0.1) is 11.7 Å². The van der Waals surface area contributed by atoms with Crippen LogP contribution in [0.1, 0.15) is 127 Å². The van der Waals surface area contributed by atoms with E-state index >= 15 is 4.39 Å². The molecule has 0 spiro atoms. The molecule has 0 bridgehead atoms. The van der Waals surface area contributed by atoms with Crippen molar-refractivity contribution in [2.24, 2.45) is 5.92 Å². The minimum absolute atomic E-state index is 0.0498. The molecule has 0 unspecified atom stereocenters. The van der Waals surface area contributed by atoms with Crippen molar-refractivity contribution in [1.29, 1.82) is 0 Å². The smallest absolute Gasteiger partial charge is 0.131 e. The van der Waals surface area contributed by atoms with Crippen LogP contribution >= 0.6 is 0 Å². The summed E-state index contributed by atoms with van der Waals surface area (Å²) in [5, 5.41) is 0. The third-order valence-corrected chi connectivity index (χ3v) is 8.89. The van der Waals surface area contributed by atoms with E-state index in [1.807, 2.05) is 12.1 Å². The maximum Gasteiger partial charge on any atom is 0.131 e. The van der Waals surface area contributed by atoms with Crippen molar-refractivity contribution < 1.29 is 4.39 Å². The molecule has 2 fully saturated rings. The third kappa shape index (κ3) is 5.90. The quantitative estimate of drug-likeness (QED) is 0.335. The third-order valence-electron chi connectivity index (χ3n) is 8.89. The highest BCUT2D eigenvalue weighted by molar-refractivity contribution is 5.65. The number of hydrogen-bond acceptors (Lipinski definition) is 0. The topological polar surface area (TPSA) is 0 Å². The maximum atomic E-state index is 15.2. The lowest BCUT2D eigenvalue weighted by molar-refractivity contribution is 0.266. The van der Waals surface area contributed by atoms with Crippen molar-refractivity contribution in [3.05, 3.63) is 59.4 Å². The minimum atomic E-state index is -0.0498. The molecule has 0 nitrogen and oxygen atoms in total. The molecule has 2 saturated carbocycles. The minimum Gasteiger partial charge on any atom is -0.206 e. The Labute approximate surface area is 202 Å². The van der Waals surface area contributed by atoms with Gasteiger partial charge in [-0.2, -0.15) is 0 Å². The Balaban J connectivity index is 1.47. The summed E-state index contributed by atoms with van der Waals surface area (Å²) in [6, 6.07) is 15.1. The molecule has 2 aromatic carbocycles. The van der Waals surface area contributed by atoms with Gasteiger partial charge in [-0.25, -0.2) is 4.39 Å². The van der Waals surface area contributed by atoms with E-state index in [0.29, 0.717) is 11.3 Å². The molecule has 0 aromatic heterocycles. The van der Waals surface area contributed by atoms with E-state index in [0.717, 1.165) is 17.0 Å². The van der Waals surface area contributed by atoms with Crippen LogP contribution in [-0.4, -0.2) is 0 Å². The first-order valence-electron chi connectivity index (χ1n) is 14.1. The van der Waals surface area contributed by atoms with Gasteiger partial charge in [0, 0.05) is 5.56 Å². The van der Waals surface area contributed by atoms with Gasteiger partial charge in [-0.1, -0.05) is 102 Å². The van der Waals surface area contributed by atoms with Crippen molar-refractivity contribution in [3.63, 3.8) is 0 Å². The van der Waals surface area contributed by atoms with Gasteiger partial charge >= 0.3 is 0 Å². The zero-order valence-corrected chi connectivity index (χ0v) is 21.2. The second-order valence-electron chi connectivity index (χ2n) is 11.1. The molecule has 2 aliphatic rings. The number of unbranched alkanes of at least 4 members (excludes halogenated alkanes) is 2. The summed E-state index contributed by atoms with van der Waals surface area (Å²) in [7, 11) is 0. The molecule has 0 radical (unpaired) electrons. The van der Waals surface area contributed by atoms with Crippen LogP contribution in [0.25, 0.3) is 11.1 Å². The zero-order chi connectivity index (χ0) is 23.1. The lowest BCUT2D eigenvalue weighted by Crippen LogP contribution is -2.29. The van der Waals surface area contributed by atoms with Crippen LogP contribution in [-0.2, 0) is 5.41 Å². The molecular formula is C32H45F. The van der Waals surface area contributed by atoms with E-state index in [2.05, 4.69) is 44.2 Å². The summed E-state index contributed by atoms with van der Waals surface area (Å²) in [6.07, 6.45) is 19.7. The van der Waals surface area contributed by atoms with Crippen LogP contribution in [0.3, 0.4) is 0 Å². The van der Waals surface area contributed by atoms with Crippen LogP contribution in [0.15, 0.2) is 42.5 Å². The highest BCUT2D eigenvalue weighted by Gasteiger charge is 2.33. The molecule has 0 saturated heterocycles. The van der Waals surface area contributed by atoms with Gasteiger partial charge in [0.05, 0.1) is 0 Å². The fourth-order valence-electron chi connectivity index (χ4n) is 6.84. The van der Waals surface area contributed by atoms with Crippen LogP contribution in [0.5, 0.6) is 0 Å².